The predicted molar refractivity (Wildman–Crippen MR) is 70.3 cm³/mol. The predicted octanol–water partition coefficient (Wildman–Crippen LogP) is 0.691. The Labute approximate surface area is 112 Å². The number of rotatable bonds is 2. The van der Waals surface area contributed by atoms with Gasteiger partial charge in [-0.25, -0.2) is 9.97 Å². The second-order valence-electron chi connectivity index (χ2n) is 4.63. The number of nitriles is 2. The molecule has 0 amide bonds. The van der Waals surface area contributed by atoms with E-state index in [4.69, 9.17) is 10.5 Å². The van der Waals surface area contributed by atoms with Crippen LogP contribution < -0.4 is 4.90 Å². The third kappa shape index (κ3) is 2.98. The van der Waals surface area contributed by atoms with E-state index in [1.807, 2.05) is 13.8 Å². The standard InChI is InChI=1S/C13H16N6/c1-10-7-12(9-15)17-13(16-10)19-5-3-18(4-6-19)11(2)8-14/h7,11H,3-6H2,1-2H3. The number of aryl methyl sites for hydroxylation is 1. The fraction of sp³-hybridized carbons (Fsp3) is 0.538. The Morgan fingerprint density at radius 3 is 2.47 bits per heavy atom. The van der Waals surface area contributed by atoms with Gasteiger partial charge in [-0.3, -0.25) is 4.90 Å². The van der Waals surface area contributed by atoms with Crippen LogP contribution in [0.4, 0.5) is 5.95 Å². The summed E-state index contributed by atoms with van der Waals surface area (Å²) in [6.45, 7) is 6.95. The number of nitrogens with zero attached hydrogens (tertiary/aromatic N) is 6. The van der Waals surface area contributed by atoms with E-state index in [1.165, 1.54) is 0 Å². The number of piperazine rings is 1. The minimum Gasteiger partial charge on any atom is -0.338 e. The first-order valence-electron chi connectivity index (χ1n) is 6.28. The van der Waals surface area contributed by atoms with Crippen LogP contribution in [0.3, 0.4) is 0 Å². The first-order valence-corrected chi connectivity index (χ1v) is 6.28. The van der Waals surface area contributed by atoms with Crippen molar-refractivity contribution < 1.29 is 0 Å². The number of aromatic nitrogens is 2. The van der Waals surface area contributed by atoms with E-state index in [1.54, 1.807) is 6.07 Å². The lowest BCUT2D eigenvalue weighted by molar-refractivity contribution is 0.230. The van der Waals surface area contributed by atoms with Crippen LogP contribution in [-0.2, 0) is 0 Å². The van der Waals surface area contributed by atoms with Gasteiger partial charge in [0.05, 0.1) is 12.1 Å². The zero-order valence-corrected chi connectivity index (χ0v) is 11.2. The van der Waals surface area contributed by atoms with E-state index in [0.29, 0.717) is 11.6 Å². The van der Waals surface area contributed by atoms with Gasteiger partial charge in [0.1, 0.15) is 11.8 Å². The SMILES string of the molecule is Cc1cc(C#N)nc(N2CCN(C(C)C#N)CC2)n1. The summed E-state index contributed by atoms with van der Waals surface area (Å²) in [6, 6.07) is 5.92. The molecule has 2 rings (SSSR count). The maximum Gasteiger partial charge on any atom is 0.226 e. The minimum atomic E-state index is -0.0600. The van der Waals surface area contributed by atoms with Crippen LogP contribution in [-0.4, -0.2) is 47.1 Å². The van der Waals surface area contributed by atoms with Gasteiger partial charge in [-0.1, -0.05) is 0 Å². The molecule has 0 aromatic carbocycles. The van der Waals surface area contributed by atoms with Crippen LogP contribution in [0.15, 0.2) is 6.07 Å². The quantitative estimate of drug-likeness (QED) is 0.774. The average Bonchev–Trinajstić information content (AvgIpc) is 2.46. The Kier molecular flexibility index (Phi) is 3.94. The fourth-order valence-corrected chi connectivity index (χ4v) is 2.14. The summed E-state index contributed by atoms with van der Waals surface area (Å²) in [6.07, 6.45) is 0. The molecule has 0 aliphatic carbocycles. The lowest BCUT2D eigenvalue weighted by atomic mass is 10.2. The maximum absolute atomic E-state index is 8.93. The molecule has 1 aromatic heterocycles. The Morgan fingerprint density at radius 1 is 1.21 bits per heavy atom. The summed E-state index contributed by atoms with van der Waals surface area (Å²) in [4.78, 5) is 12.8. The van der Waals surface area contributed by atoms with E-state index in [2.05, 4.69) is 31.9 Å². The van der Waals surface area contributed by atoms with Crippen molar-refractivity contribution in [3.05, 3.63) is 17.5 Å². The third-order valence-corrected chi connectivity index (χ3v) is 3.29. The Morgan fingerprint density at radius 2 is 1.89 bits per heavy atom. The third-order valence-electron chi connectivity index (χ3n) is 3.29. The van der Waals surface area contributed by atoms with Crippen molar-refractivity contribution in [2.24, 2.45) is 0 Å². The van der Waals surface area contributed by atoms with Crippen molar-refractivity contribution in [3.63, 3.8) is 0 Å². The van der Waals surface area contributed by atoms with Crippen LogP contribution in [0.25, 0.3) is 0 Å². The molecule has 2 heterocycles. The summed E-state index contributed by atoms with van der Waals surface area (Å²) in [5.74, 6) is 0.612. The molecule has 1 aliphatic heterocycles. The summed E-state index contributed by atoms with van der Waals surface area (Å²) in [5, 5.41) is 17.8. The monoisotopic (exact) mass is 256 g/mol. The number of hydrogen-bond acceptors (Lipinski definition) is 6. The van der Waals surface area contributed by atoms with Gasteiger partial charge in [-0.15, -0.1) is 0 Å². The molecule has 0 radical (unpaired) electrons. The highest BCUT2D eigenvalue weighted by atomic mass is 15.3. The molecule has 1 fully saturated rings. The molecule has 19 heavy (non-hydrogen) atoms. The highest BCUT2D eigenvalue weighted by molar-refractivity contribution is 5.36. The molecule has 1 unspecified atom stereocenters. The molecule has 6 nitrogen and oxygen atoms in total. The van der Waals surface area contributed by atoms with E-state index < -0.39 is 0 Å². The van der Waals surface area contributed by atoms with Gasteiger partial charge < -0.3 is 4.90 Å². The van der Waals surface area contributed by atoms with Gasteiger partial charge in [0.15, 0.2) is 0 Å². The number of hydrogen-bond donors (Lipinski definition) is 0. The van der Waals surface area contributed by atoms with Crippen LogP contribution in [0, 0.1) is 29.6 Å². The summed E-state index contributed by atoms with van der Waals surface area (Å²) >= 11 is 0. The molecule has 6 heteroatoms. The maximum atomic E-state index is 8.93. The van der Waals surface area contributed by atoms with Gasteiger partial charge in [-0.05, 0) is 19.9 Å². The fourth-order valence-electron chi connectivity index (χ4n) is 2.14. The van der Waals surface area contributed by atoms with Crippen molar-refractivity contribution in [2.75, 3.05) is 31.1 Å². The average molecular weight is 256 g/mol. The van der Waals surface area contributed by atoms with Crippen molar-refractivity contribution >= 4 is 5.95 Å². The van der Waals surface area contributed by atoms with Gasteiger partial charge >= 0.3 is 0 Å². The van der Waals surface area contributed by atoms with Crippen molar-refractivity contribution in [2.45, 2.75) is 19.9 Å². The summed E-state index contributed by atoms with van der Waals surface area (Å²) in [5.41, 5.74) is 1.20. The molecule has 0 N–H and O–H groups in total. The molecule has 0 bridgehead atoms. The zero-order chi connectivity index (χ0) is 13.8. The zero-order valence-electron chi connectivity index (χ0n) is 11.2. The van der Waals surface area contributed by atoms with Crippen LogP contribution in [0.1, 0.15) is 18.3 Å². The van der Waals surface area contributed by atoms with E-state index in [0.717, 1.165) is 31.9 Å². The lowest BCUT2D eigenvalue weighted by Crippen LogP contribution is -2.49. The first kappa shape index (κ1) is 13.3. The Balaban J connectivity index is 2.08. The second kappa shape index (κ2) is 5.64. The largest absolute Gasteiger partial charge is 0.338 e. The van der Waals surface area contributed by atoms with Crippen LogP contribution >= 0.6 is 0 Å². The summed E-state index contributed by atoms with van der Waals surface area (Å²) < 4.78 is 0. The Hall–Kier alpha value is -2.18. The lowest BCUT2D eigenvalue weighted by Gasteiger charge is -2.35. The van der Waals surface area contributed by atoms with Gasteiger partial charge in [0.2, 0.25) is 5.95 Å². The van der Waals surface area contributed by atoms with E-state index >= 15 is 0 Å². The molecule has 1 saturated heterocycles. The first-order chi connectivity index (χ1) is 9.13. The van der Waals surface area contributed by atoms with E-state index in [-0.39, 0.29) is 6.04 Å². The molecule has 98 valence electrons. The molecular weight excluding hydrogens is 240 g/mol. The van der Waals surface area contributed by atoms with Crippen LogP contribution in [0.2, 0.25) is 0 Å². The molecular formula is C13H16N6. The highest BCUT2D eigenvalue weighted by Gasteiger charge is 2.22. The second-order valence-corrected chi connectivity index (χ2v) is 4.63. The highest BCUT2D eigenvalue weighted by Crippen LogP contribution is 2.14. The smallest absolute Gasteiger partial charge is 0.226 e. The van der Waals surface area contributed by atoms with E-state index in [9.17, 15) is 0 Å². The molecule has 1 aliphatic rings. The molecule has 1 aromatic rings. The van der Waals surface area contributed by atoms with Gasteiger partial charge in [0, 0.05) is 31.9 Å². The summed E-state index contributed by atoms with van der Waals surface area (Å²) in [7, 11) is 0. The van der Waals surface area contributed by atoms with Crippen molar-refractivity contribution in [1.82, 2.24) is 14.9 Å². The van der Waals surface area contributed by atoms with Gasteiger partial charge in [-0.2, -0.15) is 10.5 Å². The molecule has 0 saturated carbocycles. The Bertz CT molecular complexity index is 533. The minimum absolute atomic E-state index is 0.0600. The molecule has 1 atom stereocenters. The van der Waals surface area contributed by atoms with Crippen LogP contribution in [0.5, 0.6) is 0 Å². The van der Waals surface area contributed by atoms with Crippen molar-refractivity contribution in [3.8, 4) is 12.1 Å². The normalized spacial score (nSPS) is 17.6. The van der Waals surface area contributed by atoms with Gasteiger partial charge in [0.25, 0.3) is 0 Å². The number of anilines is 1. The van der Waals surface area contributed by atoms with Crippen molar-refractivity contribution in [1.29, 1.82) is 10.5 Å². The topological polar surface area (TPSA) is 79.8 Å². The molecule has 0 spiro atoms.